The Morgan fingerprint density at radius 1 is 0.979 bits per heavy atom. The highest BCUT2D eigenvalue weighted by Crippen LogP contribution is 2.40. The molecule has 10 nitrogen and oxygen atoms in total. The van der Waals surface area contributed by atoms with Crippen molar-refractivity contribution >= 4 is 33.4 Å². The molecule has 5 heterocycles. The van der Waals surface area contributed by atoms with E-state index in [0.717, 1.165) is 69.2 Å². The summed E-state index contributed by atoms with van der Waals surface area (Å²) in [5, 5.41) is 16.2. The molecule has 1 aromatic heterocycles. The predicted molar refractivity (Wildman–Crippen MR) is 180 cm³/mol. The first kappa shape index (κ1) is 30.3. The van der Waals surface area contributed by atoms with Crippen molar-refractivity contribution < 1.29 is 19.0 Å². The standard InChI is InChI=1S/C36H42FN7O3/c1-41-14-4-6-26(41)22-47-36-39-34-30(11-10-29(33(34)37)31-18-27(45)17-23-5-2-3-7-28(23)31)35(40-36)43-19-24-8-9-25(20-43)44(24)21-32(46)42-15-12-38-13-16-42/h2-3,5,7,10-11,17-18,24-26,38,45H,4,6,8-9,12-16,19-22H2,1H3/t24-,25+,26-/m0/s1. The molecule has 0 saturated carbocycles. The normalized spacial score (nSPS) is 23.7. The minimum absolute atomic E-state index is 0.0788. The summed E-state index contributed by atoms with van der Waals surface area (Å²) in [6.45, 7) is 6.49. The van der Waals surface area contributed by atoms with Crippen molar-refractivity contribution in [1.82, 2.24) is 30.0 Å². The maximum absolute atomic E-state index is 16.8. The topological polar surface area (TPSA) is 97.3 Å². The van der Waals surface area contributed by atoms with Crippen LogP contribution in [0, 0.1) is 5.82 Å². The third-order valence-electron chi connectivity index (χ3n) is 10.7. The molecule has 8 rings (SSSR count). The van der Waals surface area contributed by atoms with Gasteiger partial charge in [-0.05, 0) is 73.8 Å². The van der Waals surface area contributed by atoms with Crippen molar-refractivity contribution in [3.05, 3.63) is 54.3 Å². The second kappa shape index (κ2) is 12.5. The monoisotopic (exact) mass is 639 g/mol. The van der Waals surface area contributed by atoms with Gasteiger partial charge in [-0.3, -0.25) is 9.69 Å². The van der Waals surface area contributed by atoms with Crippen molar-refractivity contribution in [3.63, 3.8) is 0 Å². The number of hydrogen-bond donors (Lipinski definition) is 2. The zero-order valence-corrected chi connectivity index (χ0v) is 26.9. The Labute approximate surface area is 274 Å². The van der Waals surface area contributed by atoms with Crippen LogP contribution in [0.15, 0.2) is 48.5 Å². The number of phenols is 1. The van der Waals surface area contributed by atoms with Crippen molar-refractivity contribution in [3.8, 4) is 22.9 Å². The van der Waals surface area contributed by atoms with E-state index < -0.39 is 5.82 Å². The van der Waals surface area contributed by atoms with Gasteiger partial charge >= 0.3 is 6.01 Å². The van der Waals surface area contributed by atoms with Gasteiger partial charge in [0.1, 0.15) is 23.7 Å². The van der Waals surface area contributed by atoms with Crippen LogP contribution in [-0.4, -0.2) is 120 Å². The summed E-state index contributed by atoms with van der Waals surface area (Å²) in [7, 11) is 2.10. The van der Waals surface area contributed by atoms with E-state index in [-0.39, 0.29) is 41.3 Å². The Balaban J connectivity index is 1.15. The molecule has 1 amide bonds. The van der Waals surface area contributed by atoms with Crippen LogP contribution in [0.4, 0.5) is 10.2 Å². The van der Waals surface area contributed by atoms with Crippen molar-refractivity contribution in [1.29, 1.82) is 0 Å². The van der Waals surface area contributed by atoms with Gasteiger partial charge in [-0.25, -0.2) is 4.39 Å². The van der Waals surface area contributed by atoms with Crippen LogP contribution in [0.1, 0.15) is 25.7 Å². The molecule has 4 aromatic rings. The molecule has 3 atom stereocenters. The Morgan fingerprint density at radius 3 is 2.53 bits per heavy atom. The number of aromatic hydroxyl groups is 1. The molecule has 3 aromatic carbocycles. The SMILES string of the molecule is CN1CCC[C@H]1COc1nc(N2C[C@H]3CC[C@@H](C2)N3CC(=O)N2CCNCC2)c2ccc(-c3cc(O)cc4ccccc34)c(F)c2n1. The number of likely N-dealkylation sites (N-methyl/N-ethyl adjacent to an activating group) is 1. The third kappa shape index (κ3) is 5.74. The number of halogens is 1. The van der Waals surface area contributed by atoms with Gasteiger partial charge in [-0.15, -0.1) is 0 Å². The molecular formula is C36H42FN7O3. The van der Waals surface area contributed by atoms with Crippen molar-refractivity contribution in [2.45, 2.75) is 43.8 Å². The number of rotatable bonds is 7. The maximum Gasteiger partial charge on any atom is 0.319 e. The van der Waals surface area contributed by atoms with Gasteiger partial charge in [-0.1, -0.05) is 30.3 Å². The Morgan fingerprint density at radius 2 is 1.77 bits per heavy atom. The summed E-state index contributed by atoms with van der Waals surface area (Å²) in [4.78, 5) is 31.7. The summed E-state index contributed by atoms with van der Waals surface area (Å²) >= 11 is 0. The van der Waals surface area contributed by atoms with Gasteiger partial charge < -0.3 is 29.9 Å². The number of ether oxygens (including phenoxy) is 1. The molecule has 0 unspecified atom stereocenters. The molecule has 47 heavy (non-hydrogen) atoms. The zero-order valence-electron chi connectivity index (χ0n) is 26.9. The van der Waals surface area contributed by atoms with Crippen LogP contribution in [0.3, 0.4) is 0 Å². The van der Waals surface area contributed by atoms with Gasteiger partial charge in [0, 0.05) is 68.3 Å². The molecule has 2 N–H and O–H groups in total. The van der Waals surface area contributed by atoms with E-state index in [1.807, 2.05) is 35.2 Å². The highest BCUT2D eigenvalue weighted by Gasteiger charge is 2.42. The first-order valence-electron chi connectivity index (χ1n) is 17.0. The smallest absolute Gasteiger partial charge is 0.319 e. The lowest BCUT2D eigenvalue weighted by atomic mass is 9.96. The average Bonchev–Trinajstić information content (AvgIpc) is 3.59. The number of piperazine rings is 2. The lowest BCUT2D eigenvalue weighted by Crippen LogP contribution is -2.57. The minimum atomic E-state index is -0.465. The first-order chi connectivity index (χ1) is 22.9. The van der Waals surface area contributed by atoms with E-state index in [1.165, 1.54) is 0 Å². The number of fused-ring (bicyclic) bond motifs is 4. The number of anilines is 1. The molecule has 11 heteroatoms. The predicted octanol–water partition coefficient (Wildman–Crippen LogP) is 3.85. The largest absolute Gasteiger partial charge is 0.508 e. The van der Waals surface area contributed by atoms with Crippen LogP contribution in [0.5, 0.6) is 11.8 Å². The van der Waals surface area contributed by atoms with E-state index in [4.69, 9.17) is 9.72 Å². The quantitative estimate of drug-likeness (QED) is 0.313. The summed E-state index contributed by atoms with van der Waals surface area (Å²) in [6.07, 6.45) is 4.19. The fourth-order valence-electron chi connectivity index (χ4n) is 8.11. The summed E-state index contributed by atoms with van der Waals surface area (Å²) in [5.74, 6) is 0.481. The lowest BCUT2D eigenvalue weighted by molar-refractivity contribution is -0.133. The number of nitrogens with one attached hydrogen (secondary N) is 1. The Bertz CT molecular complexity index is 1800. The van der Waals surface area contributed by atoms with E-state index in [9.17, 15) is 9.90 Å². The molecule has 4 fully saturated rings. The number of phenolic OH excluding ortho intramolecular Hbond substituents is 1. The third-order valence-corrected chi connectivity index (χ3v) is 10.7. The molecule has 0 aliphatic carbocycles. The van der Waals surface area contributed by atoms with Crippen LogP contribution in [-0.2, 0) is 4.79 Å². The molecule has 2 bridgehead atoms. The Kier molecular flexibility index (Phi) is 8.07. The van der Waals surface area contributed by atoms with Gasteiger partial charge in [-0.2, -0.15) is 9.97 Å². The minimum Gasteiger partial charge on any atom is -0.508 e. The van der Waals surface area contributed by atoms with E-state index in [1.54, 1.807) is 18.2 Å². The number of carbonyl (C=O) groups excluding carboxylic acids is 1. The fraction of sp³-hybridized carbons (Fsp3) is 0.472. The van der Waals surface area contributed by atoms with Gasteiger partial charge in [0.25, 0.3) is 0 Å². The van der Waals surface area contributed by atoms with Crippen LogP contribution in [0.25, 0.3) is 32.8 Å². The first-order valence-corrected chi connectivity index (χ1v) is 17.0. The zero-order chi connectivity index (χ0) is 32.1. The highest BCUT2D eigenvalue weighted by molar-refractivity contribution is 6.01. The molecular weight excluding hydrogens is 597 g/mol. The molecule has 246 valence electrons. The number of aromatic nitrogens is 2. The second-order valence-electron chi connectivity index (χ2n) is 13.5. The van der Waals surface area contributed by atoms with Gasteiger partial charge in [0.2, 0.25) is 5.91 Å². The fourth-order valence-corrected chi connectivity index (χ4v) is 8.11. The number of hydrogen-bond acceptors (Lipinski definition) is 9. The van der Waals surface area contributed by atoms with Crippen LogP contribution < -0.4 is 15.0 Å². The summed E-state index contributed by atoms with van der Waals surface area (Å²) < 4.78 is 23.0. The van der Waals surface area contributed by atoms with Gasteiger partial charge in [0.15, 0.2) is 5.82 Å². The number of nitrogens with zero attached hydrogens (tertiary/aromatic N) is 6. The summed E-state index contributed by atoms with van der Waals surface area (Å²) in [6, 6.07) is 15.5. The molecule has 0 spiro atoms. The van der Waals surface area contributed by atoms with E-state index in [0.29, 0.717) is 48.6 Å². The number of carbonyl (C=O) groups is 1. The van der Waals surface area contributed by atoms with Crippen LogP contribution >= 0.6 is 0 Å². The Hall–Kier alpha value is -4.06. The number of likely N-dealkylation sites (tertiary alicyclic amines) is 1. The summed E-state index contributed by atoms with van der Waals surface area (Å²) in [5.41, 5.74) is 1.18. The molecule has 4 aliphatic rings. The second-order valence-corrected chi connectivity index (χ2v) is 13.5. The molecule has 4 saturated heterocycles. The van der Waals surface area contributed by atoms with E-state index >= 15 is 4.39 Å². The van der Waals surface area contributed by atoms with E-state index in [2.05, 4.69) is 32.0 Å². The number of benzene rings is 3. The molecule has 0 radical (unpaired) electrons. The lowest BCUT2D eigenvalue weighted by Gasteiger charge is -2.42. The van der Waals surface area contributed by atoms with Crippen LogP contribution in [0.2, 0.25) is 0 Å². The highest BCUT2D eigenvalue weighted by atomic mass is 19.1. The average molecular weight is 640 g/mol. The molecule has 4 aliphatic heterocycles. The van der Waals surface area contributed by atoms with Crippen molar-refractivity contribution in [2.75, 3.05) is 70.9 Å². The van der Waals surface area contributed by atoms with Gasteiger partial charge in [0.05, 0.1) is 6.54 Å². The number of amides is 1. The van der Waals surface area contributed by atoms with Crippen molar-refractivity contribution in [2.24, 2.45) is 0 Å². The maximum atomic E-state index is 16.8.